The van der Waals surface area contributed by atoms with Crippen LogP contribution in [0.2, 0.25) is 0 Å². The van der Waals surface area contributed by atoms with Crippen LogP contribution in [0.4, 0.5) is 4.79 Å². The highest BCUT2D eigenvalue weighted by Crippen LogP contribution is 2.30. The SMILES string of the molecule is CCC1CCC(CNC(=O)NC(C)c2ccco2)CC1. The van der Waals surface area contributed by atoms with Crippen LogP contribution in [0.3, 0.4) is 0 Å². The molecule has 112 valence electrons. The summed E-state index contributed by atoms with van der Waals surface area (Å²) in [6.07, 6.45) is 8.03. The lowest BCUT2D eigenvalue weighted by Crippen LogP contribution is -2.40. The first-order valence-electron chi connectivity index (χ1n) is 7.76. The average Bonchev–Trinajstić information content (AvgIpc) is 3.00. The largest absolute Gasteiger partial charge is 0.467 e. The van der Waals surface area contributed by atoms with Gasteiger partial charge in [0, 0.05) is 6.54 Å². The molecule has 1 aromatic rings. The molecule has 1 heterocycles. The quantitative estimate of drug-likeness (QED) is 0.859. The summed E-state index contributed by atoms with van der Waals surface area (Å²) in [4.78, 5) is 11.8. The molecule has 0 aliphatic heterocycles. The Kier molecular flexibility index (Phi) is 5.50. The summed E-state index contributed by atoms with van der Waals surface area (Å²) in [7, 11) is 0. The van der Waals surface area contributed by atoms with Gasteiger partial charge in [0.1, 0.15) is 5.76 Å². The normalized spacial score (nSPS) is 24.1. The minimum Gasteiger partial charge on any atom is -0.467 e. The van der Waals surface area contributed by atoms with Crippen LogP contribution < -0.4 is 10.6 Å². The lowest BCUT2D eigenvalue weighted by Gasteiger charge is -2.28. The second kappa shape index (κ2) is 7.36. The van der Waals surface area contributed by atoms with Crippen LogP contribution in [-0.2, 0) is 0 Å². The van der Waals surface area contributed by atoms with Crippen molar-refractivity contribution >= 4 is 6.03 Å². The van der Waals surface area contributed by atoms with E-state index in [4.69, 9.17) is 4.42 Å². The lowest BCUT2D eigenvalue weighted by atomic mass is 9.81. The summed E-state index contributed by atoms with van der Waals surface area (Å²) in [5, 5.41) is 5.88. The molecule has 1 atom stereocenters. The van der Waals surface area contributed by atoms with E-state index in [1.165, 1.54) is 32.1 Å². The number of rotatable bonds is 5. The van der Waals surface area contributed by atoms with E-state index in [0.717, 1.165) is 18.2 Å². The van der Waals surface area contributed by atoms with Gasteiger partial charge in [-0.25, -0.2) is 4.79 Å². The van der Waals surface area contributed by atoms with Crippen molar-refractivity contribution in [3.63, 3.8) is 0 Å². The van der Waals surface area contributed by atoms with E-state index in [9.17, 15) is 4.79 Å². The van der Waals surface area contributed by atoms with E-state index >= 15 is 0 Å². The predicted molar refractivity (Wildman–Crippen MR) is 79.4 cm³/mol. The highest BCUT2D eigenvalue weighted by Gasteiger charge is 2.20. The summed E-state index contributed by atoms with van der Waals surface area (Å²) < 4.78 is 5.27. The van der Waals surface area contributed by atoms with Gasteiger partial charge in [-0.2, -0.15) is 0 Å². The summed E-state index contributed by atoms with van der Waals surface area (Å²) in [6, 6.07) is 3.50. The number of furan rings is 1. The number of hydrogen-bond donors (Lipinski definition) is 2. The molecule has 0 aromatic carbocycles. The molecule has 1 aliphatic rings. The molecule has 1 unspecified atom stereocenters. The van der Waals surface area contributed by atoms with Gasteiger partial charge in [0.25, 0.3) is 0 Å². The van der Waals surface area contributed by atoms with Gasteiger partial charge in [-0.3, -0.25) is 0 Å². The van der Waals surface area contributed by atoms with Crippen molar-refractivity contribution in [3.05, 3.63) is 24.2 Å². The van der Waals surface area contributed by atoms with Gasteiger partial charge in [-0.1, -0.05) is 26.2 Å². The first-order valence-corrected chi connectivity index (χ1v) is 7.76. The molecule has 1 fully saturated rings. The Labute approximate surface area is 121 Å². The van der Waals surface area contributed by atoms with Crippen molar-refractivity contribution in [2.75, 3.05) is 6.54 Å². The van der Waals surface area contributed by atoms with Gasteiger partial charge in [0.2, 0.25) is 0 Å². The maximum absolute atomic E-state index is 11.8. The van der Waals surface area contributed by atoms with E-state index in [1.54, 1.807) is 6.26 Å². The molecule has 0 radical (unpaired) electrons. The molecule has 1 saturated carbocycles. The Bertz CT molecular complexity index is 395. The molecule has 2 N–H and O–H groups in total. The van der Waals surface area contributed by atoms with Crippen LogP contribution in [0.25, 0.3) is 0 Å². The summed E-state index contributed by atoms with van der Waals surface area (Å²) in [5.74, 6) is 2.32. The zero-order chi connectivity index (χ0) is 14.4. The number of carbonyl (C=O) groups excluding carboxylic acids is 1. The number of nitrogens with one attached hydrogen (secondary N) is 2. The Morgan fingerprint density at radius 3 is 2.65 bits per heavy atom. The molecule has 1 aliphatic carbocycles. The third kappa shape index (κ3) is 4.29. The standard InChI is InChI=1S/C16H26N2O2/c1-3-13-6-8-14(9-7-13)11-17-16(19)18-12(2)15-5-4-10-20-15/h4-5,10,12-14H,3,6-9,11H2,1-2H3,(H2,17,18,19). The third-order valence-corrected chi connectivity index (χ3v) is 4.41. The molecule has 4 nitrogen and oxygen atoms in total. The van der Waals surface area contributed by atoms with Crippen molar-refractivity contribution in [2.24, 2.45) is 11.8 Å². The van der Waals surface area contributed by atoms with Crippen LogP contribution >= 0.6 is 0 Å². The predicted octanol–water partition coefficient (Wildman–Crippen LogP) is 3.86. The monoisotopic (exact) mass is 278 g/mol. The zero-order valence-electron chi connectivity index (χ0n) is 12.5. The molecule has 2 rings (SSSR count). The van der Waals surface area contributed by atoms with Gasteiger partial charge < -0.3 is 15.1 Å². The first-order chi connectivity index (χ1) is 9.69. The van der Waals surface area contributed by atoms with Gasteiger partial charge in [0.05, 0.1) is 12.3 Å². The smallest absolute Gasteiger partial charge is 0.315 e. The molecule has 2 amide bonds. The minimum atomic E-state index is -0.105. The second-order valence-corrected chi connectivity index (χ2v) is 5.89. The van der Waals surface area contributed by atoms with Crippen molar-refractivity contribution in [1.29, 1.82) is 0 Å². The Hall–Kier alpha value is -1.45. The van der Waals surface area contributed by atoms with Crippen molar-refractivity contribution < 1.29 is 9.21 Å². The maximum atomic E-state index is 11.8. The lowest BCUT2D eigenvalue weighted by molar-refractivity contribution is 0.226. The van der Waals surface area contributed by atoms with Crippen LogP contribution in [-0.4, -0.2) is 12.6 Å². The highest BCUT2D eigenvalue weighted by molar-refractivity contribution is 5.74. The van der Waals surface area contributed by atoms with Crippen molar-refractivity contribution in [1.82, 2.24) is 10.6 Å². The van der Waals surface area contributed by atoms with Crippen LogP contribution in [0, 0.1) is 11.8 Å². The van der Waals surface area contributed by atoms with Gasteiger partial charge in [-0.05, 0) is 43.7 Å². The molecule has 4 heteroatoms. The van der Waals surface area contributed by atoms with E-state index < -0.39 is 0 Å². The average molecular weight is 278 g/mol. The fourth-order valence-electron chi connectivity index (χ4n) is 2.94. The Morgan fingerprint density at radius 2 is 2.05 bits per heavy atom. The molecule has 20 heavy (non-hydrogen) atoms. The van der Waals surface area contributed by atoms with Gasteiger partial charge >= 0.3 is 6.03 Å². The van der Waals surface area contributed by atoms with Crippen molar-refractivity contribution in [3.8, 4) is 0 Å². The molecule has 0 bridgehead atoms. The van der Waals surface area contributed by atoms with E-state index in [-0.39, 0.29) is 12.1 Å². The maximum Gasteiger partial charge on any atom is 0.315 e. The summed E-state index contributed by atoms with van der Waals surface area (Å²) >= 11 is 0. The fraction of sp³-hybridized carbons (Fsp3) is 0.688. The fourth-order valence-corrected chi connectivity index (χ4v) is 2.94. The number of urea groups is 1. The van der Waals surface area contributed by atoms with E-state index in [2.05, 4.69) is 17.6 Å². The van der Waals surface area contributed by atoms with E-state index in [1.807, 2.05) is 19.1 Å². The molecule has 1 aromatic heterocycles. The number of carbonyl (C=O) groups is 1. The Balaban J connectivity index is 1.65. The summed E-state index contributed by atoms with van der Waals surface area (Å²) in [6.45, 7) is 4.98. The molecular formula is C16H26N2O2. The Morgan fingerprint density at radius 1 is 1.35 bits per heavy atom. The molecule has 0 saturated heterocycles. The van der Waals surface area contributed by atoms with Crippen molar-refractivity contribution in [2.45, 2.75) is 52.0 Å². The molecular weight excluding hydrogens is 252 g/mol. The van der Waals surface area contributed by atoms with E-state index in [0.29, 0.717) is 5.92 Å². The number of amides is 2. The minimum absolute atomic E-state index is 0.0965. The van der Waals surface area contributed by atoms with Gasteiger partial charge in [-0.15, -0.1) is 0 Å². The van der Waals surface area contributed by atoms with Crippen LogP contribution in [0.1, 0.15) is 57.8 Å². The van der Waals surface area contributed by atoms with Crippen LogP contribution in [0.15, 0.2) is 22.8 Å². The first kappa shape index (κ1) is 14.9. The zero-order valence-corrected chi connectivity index (χ0v) is 12.5. The van der Waals surface area contributed by atoms with Gasteiger partial charge in [0.15, 0.2) is 0 Å². The topological polar surface area (TPSA) is 54.3 Å². The third-order valence-electron chi connectivity index (χ3n) is 4.41. The highest BCUT2D eigenvalue weighted by atomic mass is 16.3. The second-order valence-electron chi connectivity index (χ2n) is 5.89. The number of hydrogen-bond acceptors (Lipinski definition) is 2. The van der Waals surface area contributed by atoms with Crippen LogP contribution in [0.5, 0.6) is 0 Å². The summed E-state index contributed by atoms with van der Waals surface area (Å²) in [5.41, 5.74) is 0. The molecule has 0 spiro atoms.